The molecule has 0 radical (unpaired) electrons. The van der Waals surface area contributed by atoms with Crippen LogP contribution in [-0.2, 0) is 4.74 Å². The highest BCUT2D eigenvalue weighted by atomic mass is 19.1. The number of rotatable bonds is 3. The zero-order valence-corrected chi connectivity index (χ0v) is 9.97. The molecule has 5 heteroatoms. The summed E-state index contributed by atoms with van der Waals surface area (Å²) in [6, 6.07) is 4.07. The molecule has 0 unspecified atom stereocenters. The predicted molar refractivity (Wildman–Crippen MR) is 67.3 cm³/mol. The van der Waals surface area contributed by atoms with E-state index < -0.39 is 11.8 Å². The van der Waals surface area contributed by atoms with E-state index in [-0.39, 0.29) is 12.2 Å². The van der Waals surface area contributed by atoms with Gasteiger partial charge in [-0.3, -0.25) is 4.99 Å². The van der Waals surface area contributed by atoms with Crippen molar-refractivity contribution in [1.82, 2.24) is 0 Å². The summed E-state index contributed by atoms with van der Waals surface area (Å²) in [5.74, 6) is -0.987. The van der Waals surface area contributed by atoms with E-state index in [9.17, 15) is 9.18 Å². The molecule has 0 N–H and O–H groups in total. The smallest absolute Gasteiger partial charge is 0.340 e. The highest BCUT2D eigenvalue weighted by Gasteiger charge is 2.17. The summed E-state index contributed by atoms with van der Waals surface area (Å²) < 4.78 is 18.2. The van der Waals surface area contributed by atoms with E-state index in [1.54, 1.807) is 36.5 Å². The molecule has 1 heterocycles. The lowest BCUT2D eigenvalue weighted by Crippen LogP contribution is -2.23. The van der Waals surface area contributed by atoms with Gasteiger partial charge < -0.3 is 9.64 Å². The molecule has 1 aliphatic rings. The maximum Gasteiger partial charge on any atom is 0.340 e. The molecular weight excluding hydrogens is 235 g/mol. The van der Waals surface area contributed by atoms with Crippen LogP contribution in [0.2, 0.25) is 0 Å². The standard InChI is InChI=1S/C13H13FN2O2/c1-2-18-13(17)11-9-10(14)3-4-12(11)16-7-5-15-6-8-16/h3-7,9H,2,8H2,1H3. The van der Waals surface area contributed by atoms with Crippen LogP contribution in [0.4, 0.5) is 10.1 Å². The van der Waals surface area contributed by atoms with Gasteiger partial charge in [0, 0.05) is 18.6 Å². The van der Waals surface area contributed by atoms with Crippen LogP contribution in [0, 0.1) is 5.82 Å². The molecule has 0 saturated heterocycles. The summed E-state index contributed by atoms with van der Waals surface area (Å²) in [7, 11) is 0. The van der Waals surface area contributed by atoms with Crippen LogP contribution in [-0.4, -0.2) is 25.3 Å². The van der Waals surface area contributed by atoms with E-state index in [1.807, 2.05) is 0 Å². The summed E-state index contributed by atoms with van der Waals surface area (Å²) in [6.07, 6.45) is 5.05. The fourth-order valence-corrected chi connectivity index (χ4v) is 1.69. The van der Waals surface area contributed by atoms with Crippen LogP contribution >= 0.6 is 0 Å². The summed E-state index contributed by atoms with van der Waals surface area (Å²) in [5, 5.41) is 0. The van der Waals surface area contributed by atoms with Gasteiger partial charge in [0.15, 0.2) is 0 Å². The van der Waals surface area contributed by atoms with Crippen molar-refractivity contribution in [3.8, 4) is 0 Å². The predicted octanol–water partition coefficient (Wildman–Crippen LogP) is 2.36. The average Bonchev–Trinajstić information content (AvgIpc) is 2.40. The minimum absolute atomic E-state index is 0.219. The summed E-state index contributed by atoms with van der Waals surface area (Å²) in [5.41, 5.74) is 0.828. The molecule has 0 aliphatic carbocycles. The first-order chi connectivity index (χ1) is 8.72. The molecule has 0 aromatic heterocycles. The molecule has 0 atom stereocenters. The number of halogens is 1. The largest absolute Gasteiger partial charge is 0.462 e. The Hall–Kier alpha value is -2.17. The molecule has 1 aromatic rings. The van der Waals surface area contributed by atoms with Crippen LogP contribution in [0.15, 0.2) is 35.6 Å². The topological polar surface area (TPSA) is 41.9 Å². The lowest BCUT2D eigenvalue weighted by molar-refractivity contribution is 0.0526. The molecular formula is C13H13FN2O2. The van der Waals surface area contributed by atoms with Gasteiger partial charge in [-0.25, -0.2) is 9.18 Å². The van der Waals surface area contributed by atoms with E-state index >= 15 is 0 Å². The van der Waals surface area contributed by atoms with Gasteiger partial charge in [-0.15, -0.1) is 0 Å². The van der Waals surface area contributed by atoms with E-state index in [0.29, 0.717) is 12.2 Å². The second-order valence-electron chi connectivity index (χ2n) is 3.66. The van der Waals surface area contributed by atoms with E-state index in [2.05, 4.69) is 4.99 Å². The van der Waals surface area contributed by atoms with Gasteiger partial charge in [0.2, 0.25) is 0 Å². The van der Waals surface area contributed by atoms with Crippen molar-refractivity contribution in [2.24, 2.45) is 4.99 Å². The third kappa shape index (κ3) is 2.56. The Morgan fingerprint density at radius 3 is 3.06 bits per heavy atom. The summed E-state index contributed by atoms with van der Waals surface area (Å²) >= 11 is 0. The number of esters is 1. The number of carbonyl (C=O) groups is 1. The Kier molecular flexibility index (Phi) is 3.72. The lowest BCUT2D eigenvalue weighted by Gasteiger charge is -2.22. The first-order valence-corrected chi connectivity index (χ1v) is 5.64. The van der Waals surface area contributed by atoms with Gasteiger partial charge in [-0.2, -0.15) is 0 Å². The number of ether oxygens (including phenoxy) is 1. The first-order valence-electron chi connectivity index (χ1n) is 5.64. The Labute approximate surface area is 104 Å². The van der Waals surface area contributed by atoms with Crippen LogP contribution < -0.4 is 4.90 Å². The molecule has 0 fully saturated rings. The number of carbonyl (C=O) groups excluding carboxylic acids is 1. The average molecular weight is 248 g/mol. The fourth-order valence-electron chi connectivity index (χ4n) is 1.69. The van der Waals surface area contributed by atoms with E-state index in [0.717, 1.165) is 0 Å². The van der Waals surface area contributed by atoms with Crippen LogP contribution in [0.5, 0.6) is 0 Å². The number of nitrogens with zero attached hydrogens (tertiary/aromatic N) is 2. The lowest BCUT2D eigenvalue weighted by atomic mass is 10.1. The van der Waals surface area contributed by atoms with E-state index in [4.69, 9.17) is 4.74 Å². The highest BCUT2D eigenvalue weighted by molar-refractivity contribution is 5.96. The Balaban J connectivity index is 2.37. The number of aliphatic imine (C=N–C) groups is 1. The summed E-state index contributed by atoms with van der Waals surface area (Å²) in [4.78, 5) is 17.5. The van der Waals surface area contributed by atoms with Gasteiger partial charge in [0.05, 0.1) is 24.4 Å². The molecule has 0 spiro atoms. The SMILES string of the molecule is CCOC(=O)c1cc(F)ccc1N1C=CN=CC1. The van der Waals surface area contributed by atoms with Crippen molar-refractivity contribution in [3.05, 3.63) is 42.0 Å². The molecule has 18 heavy (non-hydrogen) atoms. The minimum atomic E-state index is -0.525. The molecule has 2 rings (SSSR count). The Morgan fingerprint density at radius 2 is 2.39 bits per heavy atom. The minimum Gasteiger partial charge on any atom is -0.462 e. The van der Waals surface area contributed by atoms with Gasteiger partial charge in [0.25, 0.3) is 0 Å². The van der Waals surface area contributed by atoms with Crippen LogP contribution in [0.25, 0.3) is 0 Å². The number of benzene rings is 1. The number of anilines is 1. The molecule has 94 valence electrons. The van der Waals surface area contributed by atoms with Crippen molar-refractivity contribution in [3.63, 3.8) is 0 Å². The van der Waals surface area contributed by atoms with Crippen molar-refractivity contribution >= 4 is 17.9 Å². The first kappa shape index (κ1) is 12.3. The molecule has 1 aromatic carbocycles. The van der Waals surface area contributed by atoms with Gasteiger partial charge in [0.1, 0.15) is 5.82 Å². The van der Waals surface area contributed by atoms with Crippen molar-refractivity contribution in [2.75, 3.05) is 18.1 Å². The Bertz CT molecular complexity index is 512. The zero-order chi connectivity index (χ0) is 13.0. The Morgan fingerprint density at radius 1 is 1.56 bits per heavy atom. The van der Waals surface area contributed by atoms with Gasteiger partial charge in [-0.05, 0) is 25.1 Å². The quantitative estimate of drug-likeness (QED) is 0.771. The molecule has 0 saturated carbocycles. The molecule has 0 bridgehead atoms. The molecule has 4 nitrogen and oxygen atoms in total. The van der Waals surface area contributed by atoms with Crippen molar-refractivity contribution in [2.45, 2.75) is 6.92 Å². The van der Waals surface area contributed by atoms with Crippen LogP contribution in [0.1, 0.15) is 17.3 Å². The normalized spacial score (nSPS) is 13.8. The molecule has 1 aliphatic heterocycles. The zero-order valence-electron chi connectivity index (χ0n) is 9.97. The highest BCUT2D eigenvalue weighted by Crippen LogP contribution is 2.23. The second-order valence-corrected chi connectivity index (χ2v) is 3.66. The van der Waals surface area contributed by atoms with Crippen LogP contribution in [0.3, 0.4) is 0 Å². The summed E-state index contributed by atoms with van der Waals surface area (Å²) in [6.45, 7) is 2.50. The third-order valence-corrected chi connectivity index (χ3v) is 2.48. The fraction of sp³-hybridized carbons (Fsp3) is 0.231. The van der Waals surface area contributed by atoms with Crippen molar-refractivity contribution in [1.29, 1.82) is 0 Å². The van der Waals surface area contributed by atoms with Gasteiger partial charge in [-0.1, -0.05) is 0 Å². The molecule has 0 amide bonds. The maximum atomic E-state index is 13.2. The maximum absolute atomic E-state index is 13.2. The number of hydrogen-bond acceptors (Lipinski definition) is 4. The second kappa shape index (κ2) is 5.44. The number of hydrogen-bond donors (Lipinski definition) is 0. The van der Waals surface area contributed by atoms with E-state index in [1.165, 1.54) is 12.1 Å². The van der Waals surface area contributed by atoms with Gasteiger partial charge >= 0.3 is 5.97 Å². The third-order valence-electron chi connectivity index (χ3n) is 2.48. The van der Waals surface area contributed by atoms with Crippen molar-refractivity contribution < 1.29 is 13.9 Å². The monoisotopic (exact) mass is 248 g/mol.